The summed E-state index contributed by atoms with van der Waals surface area (Å²) in [4.78, 5) is 0. The Morgan fingerprint density at radius 3 is 2.81 bits per heavy atom. The van der Waals surface area contributed by atoms with E-state index in [1.54, 1.807) is 5.57 Å². The summed E-state index contributed by atoms with van der Waals surface area (Å²) in [6, 6.07) is 0. The van der Waals surface area contributed by atoms with Crippen molar-refractivity contribution in [1.29, 1.82) is 0 Å². The zero-order valence-corrected chi connectivity index (χ0v) is 10.7. The highest BCUT2D eigenvalue weighted by Crippen LogP contribution is 2.71. The van der Waals surface area contributed by atoms with Crippen LogP contribution >= 0.6 is 0 Å². The van der Waals surface area contributed by atoms with Gasteiger partial charge in [-0.3, -0.25) is 0 Å². The summed E-state index contributed by atoms with van der Waals surface area (Å²) in [6.45, 7) is 7.47. The Bertz CT molecular complexity index is 330. The maximum absolute atomic E-state index is 9.81. The van der Waals surface area contributed by atoms with Crippen molar-refractivity contribution in [2.24, 2.45) is 35.0 Å². The van der Waals surface area contributed by atoms with Crippen LogP contribution in [0.1, 0.15) is 40.0 Å². The molecule has 2 saturated carbocycles. The van der Waals surface area contributed by atoms with Gasteiger partial charge in [-0.15, -0.1) is 0 Å². The van der Waals surface area contributed by atoms with Gasteiger partial charge in [0.05, 0.1) is 0 Å². The van der Waals surface area contributed by atoms with Gasteiger partial charge in [0, 0.05) is 12.0 Å². The molecular formula is C15H24O. The predicted octanol–water partition coefficient (Wildman–Crippen LogP) is 3.24. The van der Waals surface area contributed by atoms with Crippen molar-refractivity contribution in [3.05, 3.63) is 11.6 Å². The minimum absolute atomic E-state index is 0.300. The van der Waals surface area contributed by atoms with Crippen molar-refractivity contribution < 1.29 is 5.11 Å². The first-order valence-corrected chi connectivity index (χ1v) is 6.89. The third kappa shape index (κ3) is 1.06. The monoisotopic (exact) mass is 220 g/mol. The molecular weight excluding hydrogens is 196 g/mol. The van der Waals surface area contributed by atoms with E-state index < -0.39 is 0 Å². The topological polar surface area (TPSA) is 20.2 Å². The Labute approximate surface area is 98.9 Å². The number of aliphatic hydroxyl groups is 1. The highest BCUT2D eigenvalue weighted by Gasteiger charge is 2.67. The average molecular weight is 220 g/mol. The standard InChI is InChI=1S/C15H24O/c1-9(2)11-6-7-15(8-16)12-5-4-10(3)14(15)13(11)12/h4,9,11-14,16H,5-8H2,1-3H3. The summed E-state index contributed by atoms with van der Waals surface area (Å²) in [6.07, 6.45) is 6.28. The maximum Gasteiger partial charge on any atom is 0.0496 e. The molecule has 90 valence electrons. The van der Waals surface area contributed by atoms with E-state index >= 15 is 0 Å². The summed E-state index contributed by atoms with van der Waals surface area (Å²) in [7, 11) is 0. The quantitative estimate of drug-likeness (QED) is 0.708. The Morgan fingerprint density at radius 2 is 2.25 bits per heavy atom. The van der Waals surface area contributed by atoms with Crippen LogP contribution in [-0.4, -0.2) is 11.7 Å². The Hall–Kier alpha value is -0.300. The lowest BCUT2D eigenvalue weighted by molar-refractivity contribution is -0.210. The van der Waals surface area contributed by atoms with E-state index in [4.69, 9.17) is 0 Å². The van der Waals surface area contributed by atoms with E-state index in [2.05, 4.69) is 26.8 Å². The van der Waals surface area contributed by atoms with Gasteiger partial charge < -0.3 is 5.11 Å². The van der Waals surface area contributed by atoms with Crippen molar-refractivity contribution in [1.82, 2.24) is 0 Å². The van der Waals surface area contributed by atoms with Gasteiger partial charge in [0.15, 0.2) is 0 Å². The second-order valence-corrected chi connectivity index (χ2v) is 6.68. The first-order valence-electron chi connectivity index (χ1n) is 6.89. The van der Waals surface area contributed by atoms with Gasteiger partial charge in [0.25, 0.3) is 0 Å². The largest absolute Gasteiger partial charge is 0.396 e. The van der Waals surface area contributed by atoms with Crippen LogP contribution in [0.2, 0.25) is 0 Å². The lowest BCUT2D eigenvalue weighted by Gasteiger charge is -2.70. The van der Waals surface area contributed by atoms with Gasteiger partial charge in [-0.05, 0) is 55.8 Å². The molecule has 1 nitrogen and oxygen atoms in total. The molecule has 2 fully saturated rings. The average Bonchev–Trinajstić information content (AvgIpc) is 2.28. The summed E-state index contributed by atoms with van der Waals surface area (Å²) >= 11 is 0. The fourth-order valence-electron chi connectivity index (χ4n) is 5.29. The van der Waals surface area contributed by atoms with E-state index in [1.165, 1.54) is 19.3 Å². The van der Waals surface area contributed by atoms with E-state index in [1.807, 2.05) is 0 Å². The lowest BCUT2D eigenvalue weighted by atomic mass is 9.34. The summed E-state index contributed by atoms with van der Waals surface area (Å²) < 4.78 is 0. The smallest absolute Gasteiger partial charge is 0.0496 e. The summed E-state index contributed by atoms with van der Waals surface area (Å²) in [5, 5.41) is 9.81. The van der Waals surface area contributed by atoms with Crippen molar-refractivity contribution >= 4 is 0 Å². The number of hydrogen-bond acceptors (Lipinski definition) is 1. The van der Waals surface area contributed by atoms with Crippen LogP contribution in [0.15, 0.2) is 11.6 Å². The van der Waals surface area contributed by atoms with Crippen LogP contribution in [0.3, 0.4) is 0 Å². The van der Waals surface area contributed by atoms with Crippen LogP contribution in [0.5, 0.6) is 0 Å². The maximum atomic E-state index is 9.81. The van der Waals surface area contributed by atoms with Gasteiger partial charge in [0.2, 0.25) is 0 Å². The molecule has 0 amide bonds. The fourth-order valence-corrected chi connectivity index (χ4v) is 5.29. The zero-order valence-electron chi connectivity index (χ0n) is 10.7. The predicted molar refractivity (Wildman–Crippen MR) is 65.9 cm³/mol. The summed E-state index contributed by atoms with van der Waals surface area (Å²) in [5.41, 5.74) is 1.88. The van der Waals surface area contributed by atoms with Crippen LogP contribution in [0, 0.1) is 35.0 Å². The van der Waals surface area contributed by atoms with Crippen LogP contribution < -0.4 is 0 Å². The highest BCUT2D eigenvalue weighted by molar-refractivity contribution is 5.29. The van der Waals surface area contributed by atoms with Gasteiger partial charge in [-0.2, -0.15) is 0 Å². The second-order valence-electron chi connectivity index (χ2n) is 6.68. The molecule has 0 aromatic heterocycles. The molecule has 0 aliphatic heterocycles. The third-order valence-electron chi connectivity index (χ3n) is 5.98. The SMILES string of the molecule is CC1=CCC2C3C(C(C)C)CCC2(CO)C13. The molecule has 0 saturated heterocycles. The third-order valence-corrected chi connectivity index (χ3v) is 5.98. The number of fused-ring (bicyclic) bond motifs is 1. The fraction of sp³-hybridized carbons (Fsp3) is 0.867. The molecule has 0 aromatic carbocycles. The number of hydrogen-bond donors (Lipinski definition) is 1. The van der Waals surface area contributed by atoms with E-state index in [-0.39, 0.29) is 0 Å². The molecule has 5 unspecified atom stereocenters. The van der Waals surface area contributed by atoms with Gasteiger partial charge in [0.1, 0.15) is 0 Å². The molecule has 0 radical (unpaired) electrons. The number of allylic oxidation sites excluding steroid dienone is 2. The second kappa shape index (κ2) is 3.35. The van der Waals surface area contributed by atoms with Gasteiger partial charge in [-0.25, -0.2) is 0 Å². The van der Waals surface area contributed by atoms with Gasteiger partial charge >= 0.3 is 0 Å². The highest BCUT2D eigenvalue weighted by atomic mass is 16.3. The Morgan fingerprint density at radius 1 is 1.50 bits per heavy atom. The molecule has 5 atom stereocenters. The molecule has 16 heavy (non-hydrogen) atoms. The van der Waals surface area contributed by atoms with Crippen molar-refractivity contribution in [3.8, 4) is 0 Å². The van der Waals surface area contributed by atoms with Gasteiger partial charge in [-0.1, -0.05) is 25.5 Å². The van der Waals surface area contributed by atoms with Crippen LogP contribution in [-0.2, 0) is 0 Å². The lowest BCUT2D eigenvalue weighted by Crippen LogP contribution is -2.66. The van der Waals surface area contributed by atoms with Crippen LogP contribution in [0.25, 0.3) is 0 Å². The normalized spacial score (nSPS) is 49.9. The minimum atomic E-state index is 0.300. The molecule has 0 heterocycles. The molecule has 4 aliphatic carbocycles. The molecule has 0 aromatic rings. The molecule has 0 spiro atoms. The first kappa shape index (κ1) is 10.8. The Balaban J connectivity index is 1.95. The zero-order chi connectivity index (χ0) is 11.5. The number of aliphatic hydroxyl groups excluding tert-OH is 1. The minimum Gasteiger partial charge on any atom is -0.396 e. The van der Waals surface area contributed by atoms with E-state index in [0.717, 1.165) is 29.6 Å². The van der Waals surface area contributed by atoms with Crippen LogP contribution in [0.4, 0.5) is 0 Å². The summed E-state index contributed by atoms with van der Waals surface area (Å²) in [5.74, 6) is 4.14. The molecule has 4 aliphatic rings. The Kier molecular flexibility index (Phi) is 2.27. The molecule has 1 N–H and O–H groups in total. The van der Waals surface area contributed by atoms with E-state index in [0.29, 0.717) is 12.0 Å². The van der Waals surface area contributed by atoms with E-state index in [9.17, 15) is 5.11 Å². The molecule has 4 bridgehead atoms. The van der Waals surface area contributed by atoms with Crippen molar-refractivity contribution in [3.63, 3.8) is 0 Å². The first-order chi connectivity index (χ1) is 7.62. The molecule has 1 heteroatoms. The number of rotatable bonds is 2. The van der Waals surface area contributed by atoms with Crippen molar-refractivity contribution in [2.75, 3.05) is 6.61 Å². The van der Waals surface area contributed by atoms with Crippen molar-refractivity contribution in [2.45, 2.75) is 40.0 Å². The molecule has 4 rings (SSSR count).